The molecule has 4 nitrogen and oxygen atoms in total. The van der Waals surface area contributed by atoms with Crippen LogP contribution in [-0.2, 0) is 4.74 Å². The van der Waals surface area contributed by atoms with Crippen LogP contribution in [0.2, 0.25) is 0 Å². The average molecular weight is 403 g/mol. The summed E-state index contributed by atoms with van der Waals surface area (Å²) in [4.78, 5) is 0. The first-order chi connectivity index (χ1) is 13.1. The summed E-state index contributed by atoms with van der Waals surface area (Å²) in [6.45, 7) is 3.83. The van der Waals surface area contributed by atoms with Crippen molar-refractivity contribution >= 4 is 5.82 Å². The summed E-state index contributed by atoms with van der Waals surface area (Å²) in [5.41, 5.74) is 1.61. The smallest absolute Gasteiger partial charge is 0.249 e. The Morgan fingerprint density at radius 2 is 1.71 bits per heavy atom. The minimum Gasteiger partial charge on any atom is -0.361 e. The summed E-state index contributed by atoms with van der Waals surface area (Å²) in [6.07, 6.45) is 2.19. The molecule has 3 aliphatic carbocycles. The summed E-state index contributed by atoms with van der Waals surface area (Å²) in [5, 5.41) is 8.09. The molecule has 158 valence electrons. The SMILES string of the molecule is COC(Nc1c(C)c(C2CC(F)(F)C2)nn1C1CCC1)[C@H](C)C1CC(F)(F)C1. The van der Waals surface area contributed by atoms with Crippen LogP contribution in [-0.4, -0.2) is 35.0 Å². The Bertz CT molecular complexity index is 715. The first-order valence-corrected chi connectivity index (χ1v) is 10.2. The molecule has 3 aliphatic rings. The molecule has 3 fully saturated rings. The molecule has 28 heavy (non-hydrogen) atoms. The van der Waals surface area contributed by atoms with Crippen LogP contribution in [0.15, 0.2) is 0 Å². The number of hydrogen-bond donors (Lipinski definition) is 1. The fourth-order valence-electron chi connectivity index (χ4n) is 4.71. The lowest BCUT2D eigenvalue weighted by Gasteiger charge is -2.41. The first kappa shape index (κ1) is 20.0. The van der Waals surface area contributed by atoms with Crippen LogP contribution in [0.5, 0.6) is 0 Å². The summed E-state index contributed by atoms with van der Waals surface area (Å²) in [5.74, 6) is -4.78. The lowest BCUT2D eigenvalue weighted by atomic mass is 9.73. The van der Waals surface area contributed by atoms with Crippen LogP contribution in [0, 0.1) is 18.8 Å². The van der Waals surface area contributed by atoms with E-state index in [2.05, 4.69) is 5.32 Å². The third kappa shape index (κ3) is 3.53. The minimum absolute atomic E-state index is 0.0924. The van der Waals surface area contributed by atoms with Gasteiger partial charge in [0.25, 0.3) is 0 Å². The largest absolute Gasteiger partial charge is 0.361 e. The van der Waals surface area contributed by atoms with Gasteiger partial charge in [0.05, 0.1) is 11.7 Å². The molecule has 1 aromatic heterocycles. The van der Waals surface area contributed by atoms with Crippen molar-refractivity contribution in [3.63, 3.8) is 0 Å². The highest BCUT2D eigenvalue weighted by Crippen LogP contribution is 2.51. The number of methoxy groups -OCH3 is 1. The van der Waals surface area contributed by atoms with Gasteiger partial charge in [0.15, 0.2) is 0 Å². The molecule has 0 aromatic carbocycles. The molecule has 0 aliphatic heterocycles. The van der Waals surface area contributed by atoms with Crippen LogP contribution in [0.25, 0.3) is 0 Å². The molecule has 1 heterocycles. The highest BCUT2D eigenvalue weighted by atomic mass is 19.3. The lowest BCUT2D eigenvalue weighted by Crippen LogP contribution is -2.45. The second-order valence-corrected chi connectivity index (χ2v) is 9.03. The van der Waals surface area contributed by atoms with E-state index in [1.165, 1.54) is 0 Å². The minimum atomic E-state index is -2.59. The van der Waals surface area contributed by atoms with Gasteiger partial charge >= 0.3 is 0 Å². The van der Waals surface area contributed by atoms with E-state index < -0.39 is 18.1 Å². The van der Waals surface area contributed by atoms with Gasteiger partial charge in [-0.05, 0) is 32.1 Å². The summed E-state index contributed by atoms with van der Waals surface area (Å²) >= 11 is 0. The van der Waals surface area contributed by atoms with E-state index in [1.54, 1.807) is 7.11 Å². The average Bonchev–Trinajstić information content (AvgIpc) is 2.82. The van der Waals surface area contributed by atoms with Gasteiger partial charge in [-0.15, -0.1) is 0 Å². The van der Waals surface area contributed by atoms with Gasteiger partial charge in [0.2, 0.25) is 11.8 Å². The third-order valence-electron chi connectivity index (χ3n) is 6.96. The molecular weight excluding hydrogens is 374 g/mol. The van der Waals surface area contributed by atoms with E-state index in [0.29, 0.717) is 0 Å². The number of alkyl halides is 4. The van der Waals surface area contributed by atoms with Crippen molar-refractivity contribution in [1.29, 1.82) is 0 Å². The van der Waals surface area contributed by atoms with Gasteiger partial charge in [-0.3, -0.25) is 0 Å². The Hall–Kier alpha value is -1.31. The molecule has 2 atom stereocenters. The number of anilines is 1. The van der Waals surface area contributed by atoms with Gasteiger partial charge in [-0.2, -0.15) is 5.10 Å². The van der Waals surface area contributed by atoms with E-state index in [4.69, 9.17) is 9.84 Å². The molecular formula is C20H29F4N3O. The molecule has 1 unspecified atom stereocenters. The van der Waals surface area contributed by atoms with Gasteiger partial charge in [0, 0.05) is 50.2 Å². The maximum Gasteiger partial charge on any atom is 0.249 e. The Labute approximate surface area is 163 Å². The second kappa shape index (κ2) is 6.89. The highest BCUT2D eigenvalue weighted by Gasteiger charge is 2.50. The van der Waals surface area contributed by atoms with E-state index in [-0.39, 0.29) is 49.5 Å². The maximum atomic E-state index is 13.4. The molecule has 0 bridgehead atoms. The fraction of sp³-hybridized carbons (Fsp3) is 0.850. The predicted octanol–water partition coefficient (Wildman–Crippen LogP) is 5.50. The number of hydrogen-bond acceptors (Lipinski definition) is 3. The molecule has 1 N–H and O–H groups in total. The number of aromatic nitrogens is 2. The second-order valence-electron chi connectivity index (χ2n) is 9.03. The number of rotatable bonds is 7. The van der Waals surface area contributed by atoms with Crippen molar-refractivity contribution in [3.05, 3.63) is 11.3 Å². The monoisotopic (exact) mass is 403 g/mol. The Morgan fingerprint density at radius 1 is 1.11 bits per heavy atom. The normalized spacial score (nSPS) is 26.8. The van der Waals surface area contributed by atoms with Crippen molar-refractivity contribution in [3.8, 4) is 0 Å². The highest BCUT2D eigenvalue weighted by molar-refractivity contribution is 5.50. The van der Waals surface area contributed by atoms with Gasteiger partial charge in [-0.25, -0.2) is 22.2 Å². The number of halogens is 4. The molecule has 8 heteroatoms. The summed E-state index contributed by atoms with van der Waals surface area (Å²) < 4.78 is 60.9. The van der Waals surface area contributed by atoms with E-state index in [0.717, 1.165) is 36.3 Å². The van der Waals surface area contributed by atoms with E-state index in [1.807, 2.05) is 18.5 Å². The van der Waals surface area contributed by atoms with Crippen molar-refractivity contribution in [2.24, 2.45) is 11.8 Å². The van der Waals surface area contributed by atoms with E-state index >= 15 is 0 Å². The quantitative estimate of drug-likeness (QED) is 0.483. The summed E-state index contributed by atoms with van der Waals surface area (Å²) in [7, 11) is 1.57. The fourth-order valence-corrected chi connectivity index (χ4v) is 4.71. The zero-order chi connectivity index (χ0) is 20.3. The molecule has 4 rings (SSSR count). The molecule has 1 aromatic rings. The van der Waals surface area contributed by atoms with Crippen LogP contribution in [0.3, 0.4) is 0 Å². The van der Waals surface area contributed by atoms with E-state index in [9.17, 15) is 17.6 Å². The van der Waals surface area contributed by atoms with Crippen LogP contribution < -0.4 is 5.32 Å². The zero-order valence-electron chi connectivity index (χ0n) is 16.7. The third-order valence-corrected chi connectivity index (χ3v) is 6.96. The zero-order valence-corrected chi connectivity index (χ0v) is 16.7. The lowest BCUT2D eigenvalue weighted by molar-refractivity contribution is -0.136. The Balaban J connectivity index is 1.54. The molecule has 0 saturated heterocycles. The summed E-state index contributed by atoms with van der Waals surface area (Å²) in [6, 6.07) is 0.261. The molecule has 0 radical (unpaired) electrons. The molecule has 0 spiro atoms. The van der Waals surface area contributed by atoms with Crippen molar-refractivity contribution < 1.29 is 22.3 Å². The first-order valence-electron chi connectivity index (χ1n) is 10.2. The van der Waals surface area contributed by atoms with Gasteiger partial charge < -0.3 is 10.1 Å². The number of nitrogens with zero attached hydrogens (tertiary/aromatic N) is 2. The van der Waals surface area contributed by atoms with Crippen molar-refractivity contribution in [1.82, 2.24) is 9.78 Å². The van der Waals surface area contributed by atoms with Crippen LogP contribution in [0.1, 0.15) is 75.1 Å². The standard InChI is InChI=1S/C20H29F4N3O/c1-11(13-7-19(21,22)8-13)18(28-3)25-17-12(2)16(14-9-20(23,24)10-14)26-27(17)15-5-4-6-15/h11,13-15,18,25H,4-10H2,1-3H3/t11-,18?/m1/s1. The molecule has 3 saturated carbocycles. The number of ether oxygens (including phenoxy) is 1. The van der Waals surface area contributed by atoms with Crippen molar-refractivity contribution in [2.45, 2.75) is 88.8 Å². The Morgan fingerprint density at radius 3 is 2.18 bits per heavy atom. The van der Waals surface area contributed by atoms with Gasteiger partial charge in [-0.1, -0.05) is 6.92 Å². The molecule has 0 amide bonds. The van der Waals surface area contributed by atoms with Gasteiger partial charge in [0.1, 0.15) is 12.0 Å². The number of nitrogens with one attached hydrogen (secondary N) is 1. The topological polar surface area (TPSA) is 39.1 Å². The van der Waals surface area contributed by atoms with Crippen molar-refractivity contribution in [2.75, 3.05) is 12.4 Å². The maximum absolute atomic E-state index is 13.4. The van der Waals surface area contributed by atoms with Crippen LogP contribution in [0.4, 0.5) is 23.4 Å². The Kier molecular flexibility index (Phi) is 4.91. The van der Waals surface area contributed by atoms with Crippen LogP contribution >= 0.6 is 0 Å². The predicted molar refractivity (Wildman–Crippen MR) is 98.0 cm³/mol.